The van der Waals surface area contributed by atoms with Crippen molar-refractivity contribution in [3.05, 3.63) is 58.6 Å². The van der Waals surface area contributed by atoms with Gasteiger partial charge in [-0.05, 0) is 42.8 Å². The molecule has 0 saturated carbocycles. The highest BCUT2D eigenvalue weighted by molar-refractivity contribution is 8.14. The summed E-state index contributed by atoms with van der Waals surface area (Å²) in [5.74, 6) is 0.815. The van der Waals surface area contributed by atoms with Crippen LogP contribution in [0.4, 0.5) is 0 Å². The number of hydrazone groups is 1. The first-order valence-electron chi connectivity index (χ1n) is 9.28. The molecule has 2 aromatic carbocycles. The first kappa shape index (κ1) is 22.0. The number of thioether (sulfide) groups is 1. The van der Waals surface area contributed by atoms with Crippen molar-refractivity contribution in [3.8, 4) is 11.5 Å². The fourth-order valence-electron chi connectivity index (χ4n) is 2.83. The summed E-state index contributed by atoms with van der Waals surface area (Å²) in [6.07, 6.45) is 0. The number of benzene rings is 2. The predicted octanol–water partition coefficient (Wildman–Crippen LogP) is 4.11. The van der Waals surface area contributed by atoms with Gasteiger partial charge in [-0.3, -0.25) is 9.59 Å². The predicted molar refractivity (Wildman–Crippen MR) is 118 cm³/mol. The van der Waals surface area contributed by atoms with Crippen LogP contribution < -0.4 is 14.8 Å². The van der Waals surface area contributed by atoms with E-state index in [1.54, 1.807) is 18.2 Å². The Labute approximate surface area is 184 Å². The van der Waals surface area contributed by atoms with Crippen molar-refractivity contribution in [2.24, 2.45) is 5.10 Å². The SMILES string of the molecule is CC(=O)NC1=NN(C(C)=O)C(c2cc(Cl)ccc2OCCOc2cccc(C)c2)S1. The van der Waals surface area contributed by atoms with Gasteiger partial charge >= 0.3 is 0 Å². The van der Waals surface area contributed by atoms with Crippen molar-refractivity contribution < 1.29 is 19.1 Å². The number of amides is 2. The second kappa shape index (κ2) is 9.86. The minimum Gasteiger partial charge on any atom is -0.490 e. The minimum atomic E-state index is -0.504. The summed E-state index contributed by atoms with van der Waals surface area (Å²) < 4.78 is 11.7. The molecule has 3 rings (SSSR count). The number of aryl methyl sites for hydroxylation is 1. The van der Waals surface area contributed by atoms with Gasteiger partial charge in [-0.15, -0.1) is 5.10 Å². The Bertz CT molecular complexity index is 982. The van der Waals surface area contributed by atoms with Crippen LogP contribution in [0.2, 0.25) is 5.02 Å². The van der Waals surface area contributed by atoms with E-state index in [9.17, 15) is 9.59 Å². The van der Waals surface area contributed by atoms with Gasteiger partial charge in [0.25, 0.3) is 0 Å². The monoisotopic (exact) mass is 447 g/mol. The molecule has 158 valence electrons. The first-order valence-corrected chi connectivity index (χ1v) is 10.5. The number of ether oxygens (including phenoxy) is 2. The van der Waals surface area contributed by atoms with Crippen LogP contribution >= 0.6 is 23.4 Å². The smallest absolute Gasteiger partial charge is 0.241 e. The number of halogens is 1. The van der Waals surface area contributed by atoms with Crippen LogP contribution in [0.5, 0.6) is 11.5 Å². The molecule has 0 aliphatic carbocycles. The van der Waals surface area contributed by atoms with Crippen LogP contribution in [-0.2, 0) is 9.59 Å². The van der Waals surface area contributed by atoms with Crippen molar-refractivity contribution in [2.45, 2.75) is 26.1 Å². The second-order valence-corrected chi connectivity index (χ2v) is 8.12. The molecule has 1 unspecified atom stereocenters. The summed E-state index contributed by atoms with van der Waals surface area (Å²) in [5, 5.41) is 8.48. The van der Waals surface area contributed by atoms with Gasteiger partial charge in [-0.25, -0.2) is 5.01 Å². The zero-order valence-corrected chi connectivity index (χ0v) is 18.4. The fourth-order valence-corrected chi connectivity index (χ4v) is 4.16. The molecule has 0 radical (unpaired) electrons. The molecule has 0 bridgehead atoms. The molecule has 0 aromatic heterocycles. The summed E-state index contributed by atoms with van der Waals surface area (Å²) in [4.78, 5) is 23.5. The Morgan fingerprint density at radius 2 is 1.93 bits per heavy atom. The van der Waals surface area contributed by atoms with E-state index >= 15 is 0 Å². The molecule has 1 atom stereocenters. The van der Waals surface area contributed by atoms with Crippen molar-refractivity contribution in [1.82, 2.24) is 10.3 Å². The number of carbonyl (C=O) groups is 2. The quantitative estimate of drug-likeness (QED) is 0.674. The molecule has 1 N–H and O–H groups in total. The van der Waals surface area contributed by atoms with E-state index in [1.165, 1.54) is 30.6 Å². The van der Waals surface area contributed by atoms with Gasteiger partial charge < -0.3 is 14.8 Å². The van der Waals surface area contributed by atoms with Crippen LogP contribution in [0.25, 0.3) is 0 Å². The molecule has 2 aromatic rings. The molecule has 1 heterocycles. The Balaban J connectivity index is 1.71. The summed E-state index contributed by atoms with van der Waals surface area (Å²) in [6, 6.07) is 13.0. The van der Waals surface area contributed by atoms with Gasteiger partial charge in [-0.1, -0.05) is 35.5 Å². The summed E-state index contributed by atoms with van der Waals surface area (Å²) >= 11 is 7.44. The molecular weight excluding hydrogens is 426 g/mol. The van der Waals surface area contributed by atoms with Crippen LogP contribution in [0, 0.1) is 6.92 Å². The maximum absolute atomic E-state index is 12.1. The van der Waals surface area contributed by atoms with E-state index < -0.39 is 5.37 Å². The topological polar surface area (TPSA) is 80.2 Å². The number of amidine groups is 1. The number of nitrogens with one attached hydrogen (secondary N) is 1. The summed E-state index contributed by atoms with van der Waals surface area (Å²) in [6.45, 7) is 5.46. The Morgan fingerprint density at radius 1 is 1.17 bits per heavy atom. The van der Waals surface area contributed by atoms with Crippen LogP contribution in [0.1, 0.15) is 30.3 Å². The molecule has 30 heavy (non-hydrogen) atoms. The van der Waals surface area contributed by atoms with Crippen LogP contribution in [0.15, 0.2) is 47.6 Å². The average molecular weight is 448 g/mol. The number of hydrogen-bond donors (Lipinski definition) is 1. The van der Waals surface area contributed by atoms with Crippen molar-refractivity contribution in [1.29, 1.82) is 0 Å². The van der Waals surface area contributed by atoms with E-state index in [2.05, 4.69) is 10.4 Å². The third-order valence-electron chi connectivity index (χ3n) is 4.09. The van der Waals surface area contributed by atoms with Crippen LogP contribution in [0.3, 0.4) is 0 Å². The molecule has 0 saturated heterocycles. The fraction of sp³-hybridized carbons (Fsp3) is 0.286. The molecule has 1 aliphatic heterocycles. The van der Waals surface area contributed by atoms with E-state index in [1.807, 2.05) is 31.2 Å². The maximum Gasteiger partial charge on any atom is 0.241 e. The molecule has 1 aliphatic rings. The normalized spacial score (nSPS) is 15.5. The Morgan fingerprint density at radius 3 is 2.63 bits per heavy atom. The molecule has 2 amide bonds. The first-order chi connectivity index (χ1) is 14.3. The average Bonchev–Trinajstić information content (AvgIpc) is 3.09. The molecule has 9 heteroatoms. The summed E-state index contributed by atoms with van der Waals surface area (Å²) in [7, 11) is 0. The van der Waals surface area contributed by atoms with Gasteiger partial charge in [0.05, 0.1) is 0 Å². The van der Waals surface area contributed by atoms with Crippen molar-refractivity contribution in [3.63, 3.8) is 0 Å². The zero-order chi connectivity index (χ0) is 21.7. The van der Waals surface area contributed by atoms with E-state index in [-0.39, 0.29) is 11.8 Å². The van der Waals surface area contributed by atoms with Gasteiger partial charge in [0, 0.05) is 24.4 Å². The lowest BCUT2D eigenvalue weighted by molar-refractivity contribution is -0.129. The molecule has 0 spiro atoms. The maximum atomic E-state index is 12.1. The highest BCUT2D eigenvalue weighted by Crippen LogP contribution is 2.43. The van der Waals surface area contributed by atoms with Gasteiger partial charge in [0.2, 0.25) is 11.8 Å². The van der Waals surface area contributed by atoms with Gasteiger partial charge in [0.15, 0.2) is 5.17 Å². The standard InChI is InChI=1S/C21H22ClN3O4S/c1-13-5-4-6-17(11-13)28-9-10-29-19-8-7-16(22)12-18(19)20-25(15(3)27)24-21(30-20)23-14(2)26/h4-8,11-12,20H,9-10H2,1-3H3,(H,23,24,26). The lowest BCUT2D eigenvalue weighted by Crippen LogP contribution is -2.25. The van der Waals surface area contributed by atoms with Crippen molar-refractivity contribution >= 4 is 40.3 Å². The van der Waals surface area contributed by atoms with E-state index in [0.29, 0.717) is 34.7 Å². The lowest BCUT2D eigenvalue weighted by Gasteiger charge is -2.22. The Kier molecular flexibility index (Phi) is 7.23. The van der Waals surface area contributed by atoms with Crippen LogP contribution in [-0.4, -0.2) is 35.2 Å². The molecule has 0 fully saturated rings. The Hall–Kier alpha value is -2.71. The highest BCUT2D eigenvalue weighted by atomic mass is 35.5. The summed E-state index contributed by atoms with van der Waals surface area (Å²) in [5.41, 5.74) is 1.80. The number of nitrogens with zero attached hydrogens (tertiary/aromatic N) is 2. The largest absolute Gasteiger partial charge is 0.490 e. The zero-order valence-electron chi connectivity index (χ0n) is 16.8. The van der Waals surface area contributed by atoms with Gasteiger partial charge in [-0.2, -0.15) is 0 Å². The van der Waals surface area contributed by atoms with Crippen molar-refractivity contribution in [2.75, 3.05) is 13.2 Å². The third-order valence-corrected chi connectivity index (χ3v) is 5.41. The molecule has 7 nitrogen and oxygen atoms in total. The minimum absolute atomic E-state index is 0.262. The third kappa shape index (κ3) is 5.67. The van der Waals surface area contributed by atoms with E-state index in [4.69, 9.17) is 21.1 Å². The molecular formula is C21H22ClN3O4S. The lowest BCUT2D eigenvalue weighted by atomic mass is 10.2. The number of carbonyl (C=O) groups excluding carboxylic acids is 2. The van der Waals surface area contributed by atoms with Gasteiger partial charge in [0.1, 0.15) is 30.1 Å². The second-order valence-electron chi connectivity index (χ2n) is 6.62. The number of hydrogen-bond acceptors (Lipinski definition) is 6. The number of rotatable bonds is 6. The highest BCUT2D eigenvalue weighted by Gasteiger charge is 2.34. The van der Waals surface area contributed by atoms with E-state index in [0.717, 1.165) is 11.3 Å².